The summed E-state index contributed by atoms with van der Waals surface area (Å²) in [5.41, 5.74) is 0.680. The first kappa shape index (κ1) is 16.7. The number of amides is 1. The Morgan fingerprint density at radius 2 is 1.72 bits per heavy atom. The maximum atomic E-state index is 12.5. The zero-order chi connectivity index (χ0) is 17.9. The number of halogens is 3. The molecule has 3 rings (SSSR count). The molecule has 8 heteroatoms. The van der Waals surface area contributed by atoms with Crippen LogP contribution in [0, 0.1) is 0 Å². The quantitative estimate of drug-likeness (QED) is 0.783. The van der Waals surface area contributed by atoms with E-state index in [9.17, 15) is 18.0 Å². The summed E-state index contributed by atoms with van der Waals surface area (Å²) in [6, 6.07) is 11.8. The molecule has 25 heavy (non-hydrogen) atoms. The lowest BCUT2D eigenvalue weighted by atomic mass is 10.0. The number of nitrogens with one attached hydrogen (secondary N) is 1. The summed E-state index contributed by atoms with van der Waals surface area (Å²) in [6.07, 6.45) is -1.50. The predicted octanol–water partition coefficient (Wildman–Crippen LogP) is 3.61. The molecule has 1 N–H and O–H groups in total. The fourth-order valence-electron chi connectivity index (χ4n) is 2.23. The number of furan rings is 1. The third-order valence-electron chi connectivity index (χ3n) is 3.40. The second kappa shape index (κ2) is 6.76. The van der Waals surface area contributed by atoms with Gasteiger partial charge < -0.3 is 9.73 Å². The van der Waals surface area contributed by atoms with Gasteiger partial charge in [0, 0.05) is 12.4 Å². The Bertz CT molecular complexity index is 832. The molecule has 0 bridgehead atoms. The topological polar surface area (TPSA) is 68.0 Å². The van der Waals surface area contributed by atoms with Gasteiger partial charge in [0.2, 0.25) is 5.82 Å². The lowest BCUT2D eigenvalue weighted by Crippen LogP contribution is -2.29. The second-order valence-corrected chi connectivity index (χ2v) is 5.13. The van der Waals surface area contributed by atoms with Gasteiger partial charge in [-0.2, -0.15) is 13.2 Å². The van der Waals surface area contributed by atoms with Crippen molar-refractivity contribution in [1.29, 1.82) is 0 Å². The van der Waals surface area contributed by atoms with Crippen LogP contribution in [0.3, 0.4) is 0 Å². The zero-order valence-corrected chi connectivity index (χ0v) is 12.7. The van der Waals surface area contributed by atoms with Gasteiger partial charge in [-0.3, -0.25) is 4.79 Å². The third-order valence-corrected chi connectivity index (χ3v) is 3.40. The highest BCUT2D eigenvalue weighted by molar-refractivity contribution is 5.94. The molecule has 1 atom stereocenters. The lowest BCUT2D eigenvalue weighted by Gasteiger charge is -2.17. The van der Waals surface area contributed by atoms with Crippen molar-refractivity contribution in [1.82, 2.24) is 15.3 Å². The van der Waals surface area contributed by atoms with Crippen molar-refractivity contribution in [3.63, 3.8) is 0 Å². The maximum absolute atomic E-state index is 12.5. The molecule has 0 aliphatic carbocycles. The molecule has 2 aromatic heterocycles. The van der Waals surface area contributed by atoms with E-state index in [1.807, 2.05) is 6.07 Å². The summed E-state index contributed by atoms with van der Waals surface area (Å²) >= 11 is 0. The molecule has 0 aliphatic rings. The number of alkyl halides is 3. The molecule has 0 saturated carbocycles. The van der Waals surface area contributed by atoms with Crippen molar-refractivity contribution in [3.8, 4) is 0 Å². The van der Waals surface area contributed by atoms with Crippen LogP contribution in [0.4, 0.5) is 13.2 Å². The minimum absolute atomic E-state index is 0.0829. The third kappa shape index (κ3) is 3.85. The average molecular weight is 347 g/mol. The molecule has 1 aromatic carbocycles. The van der Waals surface area contributed by atoms with E-state index in [1.165, 1.54) is 6.26 Å². The summed E-state index contributed by atoms with van der Waals surface area (Å²) in [5.74, 6) is -1.42. The smallest absolute Gasteiger partial charge is 0.451 e. The van der Waals surface area contributed by atoms with Crippen LogP contribution >= 0.6 is 0 Å². The highest BCUT2D eigenvalue weighted by Gasteiger charge is 2.34. The SMILES string of the molecule is O=C(NC(c1ccccc1)c1ccco1)c1cnc(C(F)(F)F)nc1. The normalized spacial score (nSPS) is 12.6. The minimum atomic E-state index is -4.66. The first-order valence-electron chi connectivity index (χ1n) is 7.23. The van der Waals surface area contributed by atoms with E-state index in [-0.39, 0.29) is 5.56 Å². The van der Waals surface area contributed by atoms with Crippen molar-refractivity contribution in [2.24, 2.45) is 0 Å². The maximum Gasteiger partial charge on any atom is 0.451 e. The van der Waals surface area contributed by atoms with Crippen molar-refractivity contribution in [2.75, 3.05) is 0 Å². The van der Waals surface area contributed by atoms with Crippen molar-refractivity contribution in [2.45, 2.75) is 12.2 Å². The van der Waals surface area contributed by atoms with E-state index in [2.05, 4.69) is 15.3 Å². The van der Waals surface area contributed by atoms with Crippen LogP contribution in [0.1, 0.15) is 33.5 Å². The van der Waals surface area contributed by atoms with Crippen LogP contribution < -0.4 is 5.32 Å². The monoisotopic (exact) mass is 347 g/mol. The molecule has 0 fully saturated rings. The predicted molar refractivity (Wildman–Crippen MR) is 81.5 cm³/mol. The first-order valence-corrected chi connectivity index (χ1v) is 7.23. The first-order chi connectivity index (χ1) is 11.9. The minimum Gasteiger partial charge on any atom is -0.467 e. The molecule has 0 saturated heterocycles. The van der Waals surface area contributed by atoms with Crippen LogP contribution in [-0.4, -0.2) is 15.9 Å². The highest BCUT2D eigenvalue weighted by Crippen LogP contribution is 2.26. The van der Waals surface area contributed by atoms with E-state index < -0.39 is 23.9 Å². The lowest BCUT2D eigenvalue weighted by molar-refractivity contribution is -0.145. The van der Waals surface area contributed by atoms with E-state index in [0.29, 0.717) is 5.76 Å². The largest absolute Gasteiger partial charge is 0.467 e. The van der Waals surface area contributed by atoms with Gasteiger partial charge in [0.1, 0.15) is 11.8 Å². The fraction of sp³-hybridized carbons (Fsp3) is 0.118. The number of benzene rings is 1. The summed E-state index contributed by atoms with van der Waals surface area (Å²) < 4.78 is 42.9. The Morgan fingerprint density at radius 1 is 1.04 bits per heavy atom. The Balaban J connectivity index is 1.84. The van der Waals surface area contributed by atoms with Crippen LogP contribution in [-0.2, 0) is 6.18 Å². The van der Waals surface area contributed by atoms with E-state index in [0.717, 1.165) is 18.0 Å². The fourth-order valence-corrected chi connectivity index (χ4v) is 2.23. The number of carbonyl (C=O) groups excluding carboxylic acids is 1. The van der Waals surface area contributed by atoms with Gasteiger partial charge >= 0.3 is 6.18 Å². The molecule has 3 aromatic rings. The number of hydrogen-bond acceptors (Lipinski definition) is 4. The van der Waals surface area contributed by atoms with Crippen molar-refractivity contribution >= 4 is 5.91 Å². The average Bonchev–Trinajstić information content (AvgIpc) is 3.14. The number of carbonyl (C=O) groups is 1. The van der Waals surface area contributed by atoms with Gasteiger partial charge in [0.25, 0.3) is 5.91 Å². The number of rotatable bonds is 4. The number of nitrogens with zero attached hydrogens (tertiary/aromatic N) is 2. The molecular weight excluding hydrogens is 335 g/mol. The van der Waals surface area contributed by atoms with Gasteiger partial charge in [0.15, 0.2) is 0 Å². The van der Waals surface area contributed by atoms with Gasteiger partial charge in [-0.1, -0.05) is 30.3 Å². The van der Waals surface area contributed by atoms with Crippen LogP contribution in [0.5, 0.6) is 0 Å². The molecule has 1 amide bonds. The molecule has 0 radical (unpaired) electrons. The molecule has 0 spiro atoms. The zero-order valence-electron chi connectivity index (χ0n) is 12.7. The Kier molecular flexibility index (Phi) is 4.51. The van der Waals surface area contributed by atoms with E-state index in [4.69, 9.17) is 4.42 Å². The molecular formula is C17H12F3N3O2. The molecule has 0 aliphatic heterocycles. The van der Waals surface area contributed by atoms with E-state index in [1.54, 1.807) is 36.4 Å². The Hall–Kier alpha value is -3.16. The Morgan fingerprint density at radius 3 is 2.28 bits per heavy atom. The van der Waals surface area contributed by atoms with E-state index >= 15 is 0 Å². The van der Waals surface area contributed by atoms with Gasteiger partial charge in [0.05, 0.1) is 11.8 Å². The van der Waals surface area contributed by atoms with Crippen LogP contribution in [0.2, 0.25) is 0 Å². The summed E-state index contributed by atoms with van der Waals surface area (Å²) in [6.45, 7) is 0. The number of hydrogen-bond donors (Lipinski definition) is 1. The van der Waals surface area contributed by atoms with Gasteiger partial charge in [-0.05, 0) is 17.7 Å². The molecule has 2 heterocycles. The van der Waals surface area contributed by atoms with Crippen molar-refractivity contribution < 1.29 is 22.4 Å². The molecule has 128 valence electrons. The van der Waals surface area contributed by atoms with Gasteiger partial charge in [-0.25, -0.2) is 9.97 Å². The van der Waals surface area contributed by atoms with Crippen LogP contribution in [0.25, 0.3) is 0 Å². The summed E-state index contributed by atoms with van der Waals surface area (Å²) in [4.78, 5) is 18.8. The second-order valence-electron chi connectivity index (χ2n) is 5.13. The number of aromatic nitrogens is 2. The standard InChI is InChI=1S/C17H12F3N3O2/c18-17(19,20)16-21-9-12(10-22-16)15(24)23-14(13-7-4-8-25-13)11-5-2-1-3-6-11/h1-10,14H,(H,23,24). The Labute approximate surface area is 140 Å². The highest BCUT2D eigenvalue weighted by atomic mass is 19.4. The van der Waals surface area contributed by atoms with Crippen molar-refractivity contribution in [3.05, 3.63) is 83.8 Å². The molecule has 1 unspecified atom stereocenters. The van der Waals surface area contributed by atoms with Gasteiger partial charge in [-0.15, -0.1) is 0 Å². The van der Waals surface area contributed by atoms with Crippen LogP contribution in [0.15, 0.2) is 65.5 Å². The summed E-state index contributed by atoms with van der Waals surface area (Å²) in [5, 5.41) is 2.72. The summed E-state index contributed by atoms with van der Waals surface area (Å²) in [7, 11) is 0. The molecule has 5 nitrogen and oxygen atoms in total.